The molecule has 0 aliphatic carbocycles. The molecule has 0 spiro atoms. The van der Waals surface area contributed by atoms with Gasteiger partial charge in [0.15, 0.2) is 0 Å². The summed E-state index contributed by atoms with van der Waals surface area (Å²) >= 11 is 0. The van der Waals surface area contributed by atoms with E-state index in [4.69, 9.17) is 15.8 Å². The highest BCUT2D eigenvalue weighted by Gasteiger charge is 2.33. The minimum absolute atomic E-state index is 0.321. The van der Waals surface area contributed by atoms with Crippen LogP contribution >= 0.6 is 10.7 Å². The maximum absolute atomic E-state index is 12.4. The SMILES string of the molecule is O=S(=O)(Cl)c1cc(C(F)(F)F)cnc1OCCO. The minimum Gasteiger partial charge on any atom is -0.474 e. The number of hydrogen-bond donors (Lipinski definition) is 1. The van der Waals surface area contributed by atoms with Crippen molar-refractivity contribution in [1.29, 1.82) is 0 Å². The molecule has 0 aliphatic rings. The lowest BCUT2D eigenvalue weighted by atomic mass is 10.3. The van der Waals surface area contributed by atoms with E-state index < -0.39 is 38.2 Å². The van der Waals surface area contributed by atoms with Crippen molar-refractivity contribution in [1.82, 2.24) is 4.98 Å². The Kier molecular flexibility index (Phi) is 4.41. The molecule has 10 heteroatoms. The van der Waals surface area contributed by atoms with E-state index in [1.807, 2.05) is 0 Å². The second-order valence-corrected chi connectivity index (χ2v) is 5.57. The number of aliphatic hydroxyl groups excluding tert-OH is 1. The third kappa shape index (κ3) is 3.72. The lowest BCUT2D eigenvalue weighted by molar-refractivity contribution is -0.138. The van der Waals surface area contributed by atoms with Gasteiger partial charge in [-0.05, 0) is 6.07 Å². The predicted octanol–water partition coefficient (Wildman–Crippen LogP) is 1.40. The first-order valence-electron chi connectivity index (χ1n) is 4.42. The quantitative estimate of drug-likeness (QED) is 0.851. The first-order valence-corrected chi connectivity index (χ1v) is 6.72. The van der Waals surface area contributed by atoms with Gasteiger partial charge in [0.25, 0.3) is 9.05 Å². The van der Waals surface area contributed by atoms with Crippen LogP contribution in [0.1, 0.15) is 5.56 Å². The van der Waals surface area contributed by atoms with Crippen molar-refractivity contribution in [3.63, 3.8) is 0 Å². The number of ether oxygens (including phenoxy) is 1. The summed E-state index contributed by atoms with van der Waals surface area (Å²) in [6.45, 7) is -0.776. The van der Waals surface area contributed by atoms with Crippen LogP contribution in [0.2, 0.25) is 0 Å². The Balaban J connectivity index is 3.30. The molecule has 1 N–H and O–H groups in total. The molecular formula is C8H7ClF3NO4S. The summed E-state index contributed by atoms with van der Waals surface area (Å²) in [5.74, 6) is -0.591. The Bertz CT molecular complexity index is 532. The van der Waals surface area contributed by atoms with Crippen LogP contribution in [0.4, 0.5) is 13.2 Å². The molecule has 0 atom stereocenters. The summed E-state index contributed by atoms with van der Waals surface area (Å²) in [6.07, 6.45) is -4.34. The smallest absolute Gasteiger partial charge is 0.417 e. The maximum Gasteiger partial charge on any atom is 0.417 e. The summed E-state index contributed by atoms with van der Waals surface area (Å²) < 4.78 is 64.1. The van der Waals surface area contributed by atoms with E-state index in [1.165, 1.54) is 0 Å². The van der Waals surface area contributed by atoms with E-state index >= 15 is 0 Å². The molecule has 18 heavy (non-hydrogen) atoms. The monoisotopic (exact) mass is 305 g/mol. The molecule has 0 amide bonds. The zero-order valence-corrected chi connectivity index (χ0v) is 10.2. The Morgan fingerprint density at radius 3 is 2.50 bits per heavy atom. The molecule has 0 fully saturated rings. The van der Waals surface area contributed by atoms with Gasteiger partial charge in [-0.1, -0.05) is 0 Å². The van der Waals surface area contributed by atoms with Crippen LogP contribution in [0.15, 0.2) is 17.2 Å². The van der Waals surface area contributed by atoms with Gasteiger partial charge < -0.3 is 9.84 Å². The van der Waals surface area contributed by atoms with E-state index in [-0.39, 0.29) is 6.61 Å². The minimum atomic E-state index is -4.75. The number of hydrogen-bond acceptors (Lipinski definition) is 5. The molecule has 1 aromatic heterocycles. The largest absolute Gasteiger partial charge is 0.474 e. The number of aromatic nitrogens is 1. The highest BCUT2D eigenvalue weighted by atomic mass is 35.7. The molecule has 1 aromatic rings. The first kappa shape index (κ1) is 15.0. The lowest BCUT2D eigenvalue weighted by Crippen LogP contribution is -2.11. The van der Waals surface area contributed by atoms with Gasteiger partial charge >= 0.3 is 6.18 Å². The first-order chi connectivity index (χ1) is 8.16. The lowest BCUT2D eigenvalue weighted by Gasteiger charge is -2.11. The Morgan fingerprint density at radius 1 is 1.44 bits per heavy atom. The molecular weight excluding hydrogens is 299 g/mol. The van der Waals surface area contributed by atoms with Gasteiger partial charge in [0, 0.05) is 16.9 Å². The Hall–Kier alpha value is -1.06. The van der Waals surface area contributed by atoms with Crippen molar-refractivity contribution in [3.05, 3.63) is 17.8 Å². The third-order valence-corrected chi connectivity index (χ3v) is 3.05. The van der Waals surface area contributed by atoms with Crippen LogP contribution in [0.3, 0.4) is 0 Å². The predicted molar refractivity (Wildman–Crippen MR) is 54.9 cm³/mol. The second-order valence-electron chi connectivity index (χ2n) is 3.03. The van der Waals surface area contributed by atoms with Crippen molar-refractivity contribution >= 4 is 19.7 Å². The van der Waals surface area contributed by atoms with Crippen LogP contribution in [0.25, 0.3) is 0 Å². The van der Waals surface area contributed by atoms with Crippen LogP contribution in [-0.4, -0.2) is 31.7 Å². The molecule has 0 aliphatic heterocycles. The fraction of sp³-hybridized carbons (Fsp3) is 0.375. The molecule has 102 valence electrons. The van der Waals surface area contributed by atoms with Crippen molar-refractivity contribution in [2.24, 2.45) is 0 Å². The molecule has 5 nitrogen and oxygen atoms in total. The number of aliphatic hydroxyl groups is 1. The van der Waals surface area contributed by atoms with Gasteiger partial charge in [-0.25, -0.2) is 13.4 Å². The summed E-state index contributed by atoms with van der Waals surface area (Å²) in [7, 11) is 0.543. The molecule has 1 rings (SSSR count). The van der Waals surface area contributed by atoms with Crippen molar-refractivity contribution in [2.45, 2.75) is 11.1 Å². The Morgan fingerprint density at radius 2 is 2.06 bits per heavy atom. The summed E-state index contributed by atoms with van der Waals surface area (Å²) in [6, 6.07) is 0.321. The van der Waals surface area contributed by atoms with E-state index in [1.54, 1.807) is 0 Å². The molecule has 0 saturated heterocycles. The highest BCUT2D eigenvalue weighted by molar-refractivity contribution is 8.13. The fourth-order valence-electron chi connectivity index (χ4n) is 1.01. The van der Waals surface area contributed by atoms with E-state index in [9.17, 15) is 21.6 Å². The van der Waals surface area contributed by atoms with Crippen molar-refractivity contribution in [3.8, 4) is 5.88 Å². The Labute approximate surface area is 105 Å². The number of alkyl halides is 3. The normalized spacial score (nSPS) is 12.5. The van der Waals surface area contributed by atoms with Gasteiger partial charge in [-0.2, -0.15) is 13.2 Å². The van der Waals surface area contributed by atoms with E-state index in [0.717, 1.165) is 0 Å². The summed E-state index contributed by atoms with van der Waals surface area (Å²) in [4.78, 5) is 2.34. The van der Waals surface area contributed by atoms with E-state index in [2.05, 4.69) is 9.72 Å². The molecule has 0 bridgehead atoms. The van der Waals surface area contributed by atoms with Crippen LogP contribution in [0, 0.1) is 0 Å². The zero-order chi connectivity index (χ0) is 14.0. The van der Waals surface area contributed by atoms with Gasteiger partial charge in [0.2, 0.25) is 5.88 Å². The molecule has 0 saturated carbocycles. The number of rotatable bonds is 4. The van der Waals surface area contributed by atoms with Crippen molar-refractivity contribution in [2.75, 3.05) is 13.2 Å². The van der Waals surface area contributed by atoms with E-state index in [0.29, 0.717) is 12.3 Å². The van der Waals surface area contributed by atoms with Crippen LogP contribution in [0.5, 0.6) is 5.88 Å². The summed E-state index contributed by atoms with van der Waals surface area (Å²) in [5, 5.41) is 8.49. The fourth-order valence-corrected chi connectivity index (χ4v) is 1.93. The zero-order valence-electron chi connectivity index (χ0n) is 8.61. The maximum atomic E-state index is 12.4. The molecule has 0 unspecified atom stereocenters. The van der Waals surface area contributed by atoms with Gasteiger partial charge in [0.1, 0.15) is 11.5 Å². The van der Waals surface area contributed by atoms with Crippen LogP contribution < -0.4 is 4.74 Å². The number of halogens is 4. The van der Waals surface area contributed by atoms with Gasteiger partial charge in [-0.3, -0.25) is 0 Å². The summed E-state index contributed by atoms with van der Waals surface area (Å²) in [5.41, 5.74) is -1.27. The number of nitrogens with zero attached hydrogens (tertiary/aromatic N) is 1. The van der Waals surface area contributed by atoms with Crippen molar-refractivity contribution < 1.29 is 31.4 Å². The highest BCUT2D eigenvalue weighted by Crippen LogP contribution is 2.33. The topological polar surface area (TPSA) is 76.5 Å². The second kappa shape index (κ2) is 5.29. The van der Waals surface area contributed by atoms with Gasteiger partial charge in [-0.15, -0.1) is 0 Å². The average molecular weight is 306 g/mol. The molecule has 0 radical (unpaired) electrons. The number of pyridine rings is 1. The van der Waals surface area contributed by atoms with Gasteiger partial charge in [0.05, 0.1) is 12.2 Å². The standard InChI is InChI=1S/C8H7ClF3NO4S/c9-18(15,16)6-3-5(8(10,11)12)4-13-7(6)17-2-1-14/h3-4,14H,1-2H2. The average Bonchev–Trinajstić information content (AvgIpc) is 2.23. The van der Waals surface area contributed by atoms with Crippen LogP contribution in [-0.2, 0) is 15.2 Å². The molecule has 0 aromatic carbocycles. The third-order valence-electron chi connectivity index (χ3n) is 1.74. The molecule has 1 heterocycles.